The largest absolute Gasteiger partial charge is 0.464 e. The van der Waals surface area contributed by atoms with Crippen molar-refractivity contribution in [3.05, 3.63) is 69.7 Å². The van der Waals surface area contributed by atoms with Crippen LogP contribution in [0.4, 0.5) is 0 Å². The molecule has 2 aromatic carbocycles. The molecule has 0 unspecified atom stereocenters. The second-order valence-corrected chi connectivity index (χ2v) is 10.1. The van der Waals surface area contributed by atoms with Crippen molar-refractivity contribution >= 4 is 62.6 Å². The van der Waals surface area contributed by atoms with E-state index in [1.807, 2.05) is 42.7 Å². The first kappa shape index (κ1) is 25.7. The summed E-state index contributed by atoms with van der Waals surface area (Å²) in [5.74, 6) is -0.455. The summed E-state index contributed by atoms with van der Waals surface area (Å²) in [7, 11) is 1.37. The number of esters is 1. The van der Waals surface area contributed by atoms with E-state index in [9.17, 15) is 4.79 Å². The summed E-state index contributed by atoms with van der Waals surface area (Å²) >= 11 is 19.3. The van der Waals surface area contributed by atoms with Gasteiger partial charge in [0.15, 0.2) is 0 Å². The van der Waals surface area contributed by atoms with E-state index >= 15 is 0 Å². The number of H-pyrrole nitrogens is 2. The SMILES string of the molecule is CCN(CC)CCn1cc(-c2c[nH]c(C(=O)OC)c2-c2c[nH]c3ccc(Cl)cc23)c2cc(Cl)c(Cl)cc21. The first-order valence-corrected chi connectivity index (χ1v) is 13.3. The fourth-order valence-corrected chi connectivity index (χ4v) is 5.45. The molecule has 5 rings (SSSR count). The monoisotopic (exact) mass is 556 g/mol. The third-order valence-electron chi connectivity index (χ3n) is 6.95. The van der Waals surface area contributed by atoms with Crippen molar-refractivity contribution in [2.75, 3.05) is 26.7 Å². The van der Waals surface area contributed by atoms with Crippen LogP contribution in [0.25, 0.3) is 44.1 Å². The average Bonchev–Trinajstić information content (AvgIpc) is 3.59. The van der Waals surface area contributed by atoms with Gasteiger partial charge in [0.25, 0.3) is 0 Å². The van der Waals surface area contributed by atoms with Gasteiger partial charge in [0.1, 0.15) is 5.69 Å². The molecule has 2 N–H and O–H groups in total. The van der Waals surface area contributed by atoms with Gasteiger partial charge >= 0.3 is 5.97 Å². The molecule has 0 aliphatic carbocycles. The van der Waals surface area contributed by atoms with Crippen LogP contribution in [-0.2, 0) is 11.3 Å². The Hall–Kier alpha value is -2.90. The Bertz CT molecular complexity index is 1610. The predicted molar refractivity (Wildman–Crippen MR) is 153 cm³/mol. The second kappa shape index (κ2) is 10.5. The highest BCUT2D eigenvalue weighted by Crippen LogP contribution is 2.43. The number of rotatable bonds is 8. The van der Waals surface area contributed by atoms with Crippen LogP contribution in [0.3, 0.4) is 0 Å². The Balaban J connectivity index is 1.75. The Morgan fingerprint density at radius 1 is 0.946 bits per heavy atom. The topological polar surface area (TPSA) is 66.1 Å². The third kappa shape index (κ3) is 4.64. The maximum atomic E-state index is 12.8. The lowest BCUT2D eigenvalue weighted by molar-refractivity contribution is 0.0596. The number of fused-ring (bicyclic) bond motifs is 2. The molecule has 192 valence electrons. The molecule has 0 aliphatic heterocycles. The number of carbonyl (C=O) groups is 1. The molecule has 0 fully saturated rings. The van der Waals surface area contributed by atoms with Crippen LogP contribution < -0.4 is 0 Å². The molecule has 5 aromatic rings. The summed E-state index contributed by atoms with van der Waals surface area (Å²) in [5.41, 5.74) is 5.62. The molecule has 0 amide bonds. The van der Waals surface area contributed by atoms with Gasteiger partial charge in [-0.2, -0.15) is 0 Å². The Morgan fingerprint density at radius 3 is 2.41 bits per heavy atom. The van der Waals surface area contributed by atoms with Crippen molar-refractivity contribution in [1.29, 1.82) is 0 Å². The van der Waals surface area contributed by atoms with E-state index in [0.29, 0.717) is 20.8 Å². The van der Waals surface area contributed by atoms with Crippen LogP contribution in [0, 0.1) is 0 Å². The van der Waals surface area contributed by atoms with E-state index in [-0.39, 0.29) is 0 Å². The molecule has 0 saturated heterocycles. The van der Waals surface area contributed by atoms with Crippen LogP contribution in [0.2, 0.25) is 15.1 Å². The van der Waals surface area contributed by atoms with Gasteiger partial charge in [-0.15, -0.1) is 0 Å². The third-order valence-corrected chi connectivity index (χ3v) is 7.90. The summed E-state index contributed by atoms with van der Waals surface area (Å²) in [6, 6.07) is 9.45. The molecule has 0 radical (unpaired) electrons. The normalized spacial score (nSPS) is 11.8. The minimum absolute atomic E-state index is 0.363. The van der Waals surface area contributed by atoms with Crippen LogP contribution in [0.5, 0.6) is 0 Å². The van der Waals surface area contributed by atoms with Crippen LogP contribution in [0.1, 0.15) is 24.3 Å². The fraction of sp³-hybridized carbons (Fsp3) is 0.250. The van der Waals surface area contributed by atoms with Gasteiger partial charge in [-0.25, -0.2) is 4.79 Å². The van der Waals surface area contributed by atoms with Crippen molar-refractivity contribution in [3.63, 3.8) is 0 Å². The molecule has 0 saturated carbocycles. The molecule has 0 aliphatic rings. The number of ether oxygens (including phenoxy) is 1. The van der Waals surface area contributed by atoms with Crippen molar-refractivity contribution in [1.82, 2.24) is 19.4 Å². The number of benzene rings is 2. The lowest BCUT2D eigenvalue weighted by atomic mass is 9.96. The summed E-state index contributed by atoms with van der Waals surface area (Å²) in [4.78, 5) is 21.7. The number of carbonyl (C=O) groups excluding carboxylic acids is 1. The molecule has 0 spiro atoms. The first-order chi connectivity index (χ1) is 17.9. The van der Waals surface area contributed by atoms with Crippen molar-refractivity contribution in [2.45, 2.75) is 20.4 Å². The molecular weight excluding hydrogens is 531 g/mol. The van der Waals surface area contributed by atoms with E-state index in [1.54, 1.807) is 0 Å². The first-order valence-electron chi connectivity index (χ1n) is 12.1. The lowest BCUT2D eigenvalue weighted by Crippen LogP contribution is -2.26. The van der Waals surface area contributed by atoms with E-state index in [0.717, 1.165) is 70.2 Å². The van der Waals surface area contributed by atoms with Crippen molar-refractivity contribution < 1.29 is 9.53 Å². The van der Waals surface area contributed by atoms with Crippen LogP contribution in [0.15, 0.2) is 48.9 Å². The van der Waals surface area contributed by atoms with E-state index in [1.165, 1.54) is 7.11 Å². The Labute approximate surface area is 230 Å². The lowest BCUT2D eigenvalue weighted by Gasteiger charge is -2.18. The summed E-state index contributed by atoms with van der Waals surface area (Å²) < 4.78 is 7.32. The highest BCUT2D eigenvalue weighted by atomic mass is 35.5. The Morgan fingerprint density at radius 2 is 1.68 bits per heavy atom. The maximum absolute atomic E-state index is 12.8. The summed E-state index contributed by atoms with van der Waals surface area (Å²) in [6.07, 6.45) is 5.84. The number of hydrogen-bond acceptors (Lipinski definition) is 3. The van der Waals surface area contributed by atoms with Crippen LogP contribution in [-0.4, -0.2) is 52.1 Å². The molecule has 0 atom stereocenters. The standard InChI is InChI=1S/C28H27Cl3N4O2/c1-4-34(5-2)8-9-35-15-21(18-11-22(30)23(31)12-25(18)35)20-14-33-27(28(36)37-3)26(20)19-13-32-24-7-6-16(29)10-17(19)24/h6-7,10-15,32-33H,4-5,8-9H2,1-3H3. The number of likely N-dealkylation sites (N-methyl/N-ethyl adjacent to an activating group) is 1. The van der Waals surface area contributed by atoms with Gasteiger partial charge in [0, 0.05) is 75.2 Å². The fourth-order valence-electron chi connectivity index (χ4n) is 4.95. The van der Waals surface area contributed by atoms with E-state index in [4.69, 9.17) is 39.5 Å². The zero-order valence-corrected chi connectivity index (χ0v) is 23.1. The van der Waals surface area contributed by atoms with Gasteiger partial charge in [-0.05, 0) is 43.4 Å². The molecular formula is C28H27Cl3N4O2. The minimum atomic E-state index is -0.455. The van der Waals surface area contributed by atoms with E-state index in [2.05, 4.69) is 39.5 Å². The van der Waals surface area contributed by atoms with Gasteiger partial charge < -0.3 is 24.2 Å². The predicted octanol–water partition coefficient (Wildman–Crippen LogP) is 7.87. The summed E-state index contributed by atoms with van der Waals surface area (Å²) in [6.45, 7) is 7.94. The molecule has 3 heterocycles. The number of hydrogen-bond donors (Lipinski definition) is 2. The van der Waals surface area contributed by atoms with E-state index < -0.39 is 5.97 Å². The number of aromatic nitrogens is 3. The molecule has 9 heteroatoms. The Kier molecular flexibility index (Phi) is 7.28. The van der Waals surface area contributed by atoms with Gasteiger partial charge in [-0.3, -0.25) is 0 Å². The zero-order chi connectivity index (χ0) is 26.3. The van der Waals surface area contributed by atoms with Gasteiger partial charge in [0.2, 0.25) is 0 Å². The zero-order valence-electron chi connectivity index (χ0n) is 20.8. The van der Waals surface area contributed by atoms with Gasteiger partial charge in [-0.1, -0.05) is 48.7 Å². The highest BCUT2D eigenvalue weighted by Gasteiger charge is 2.25. The number of halogens is 3. The average molecular weight is 558 g/mol. The molecule has 3 aromatic heterocycles. The highest BCUT2D eigenvalue weighted by molar-refractivity contribution is 6.43. The van der Waals surface area contributed by atoms with Crippen molar-refractivity contribution in [2.24, 2.45) is 0 Å². The number of nitrogens with one attached hydrogen (secondary N) is 2. The quantitative estimate of drug-likeness (QED) is 0.191. The number of nitrogens with zero attached hydrogens (tertiary/aromatic N) is 2. The number of methoxy groups -OCH3 is 1. The van der Waals surface area contributed by atoms with Crippen molar-refractivity contribution in [3.8, 4) is 22.3 Å². The smallest absolute Gasteiger partial charge is 0.355 e. The summed E-state index contributed by atoms with van der Waals surface area (Å²) in [5, 5.41) is 3.44. The molecule has 0 bridgehead atoms. The molecule has 6 nitrogen and oxygen atoms in total. The minimum Gasteiger partial charge on any atom is -0.464 e. The molecule has 37 heavy (non-hydrogen) atoms. The maximum Gasteiger partial charge on any atom is 0.355 e. The van der Waals surface area contributed by atoms with Crippen LogP contribution >= 0.6 is 34.8 Å². The number of aromatic amines is 2. The van der Waals surface area contributed by atoms with Gasteiger partial charge in [0.05, 0.1) is 22.7 Å². The second-order valence-electron chi connectivity index (χ2n) is 8.88.